The third kappa shape index (κ3) is 2.73. The van der Waals surface area contributed by atoms with Crippen molar-refractivity contribution in [3.63, 3.8) is 0 Å². The molecular formula is C16H12ClN5O2S. The minimum Gasteiger partial charge on any atom is -0.481 e. The molecule has 0 unspecified atom stereocenters. The number of carboxylic acid groups (broad SMARTS) is 1. The summed E-state index contributed by atoms with van der Waals surface area (Å²) in [6.45, 7) is 1.82. The number of halogens is 1. The van der Waals surface area contributed by atoms with Crippen LogP contribution in [0.25, 0.3) is 5.00 Å². The first kappa shape index (κ1) is 15.9. The summed E-state index contributed by atoms with van der Waals surface area (Å²) in [4.78, 5) is 20.5. The molecule has 4 rings (SSSR count). The van der Waals surface area contributed by atoms with Crippen molar-refractivity contribution >= 4 is 34.6 Å². The Kier molecular flexibility index (Phi) is 3.85. The van der Waals surface area contributed by atoms with Gasteiger partial charge in [-0.2, -0.15) is 0 Å². The molecule has 1 aliphatic rings. The molecule has 1 aliphatic heterocycles. The number of nitrogens with zero attached hydrogens (tertiary/aromatic N) is 5. The van der Waals surface area contributed by atoms with Crippen LogP contribution in [0.2, 0.25) is 5.02 Å². The predicted octanol–water partition coefficient (Wildman–Crippen LogP) is 3.05. The number of hydrogen-bond donors (Lipinski definition) is 1. The number of aliphatic carboxylic acids is 1. The Morgan fingerprint density at radius 1 is 1.32 bits per heavy atom. The van der Waals surface area contributed by atoms with Crippen LogP contribution < -0.4 is 0 Å². The van der Waals surface area contributed by atoms with Crippen LogP contribution >= 0.6 is 22.9 Å². The third-order valence-electron chi connectivity index (χ3n) is 3.89. The first-order valence-electron chi connectivity index (χ1n) is 7.46. The molecule has 0 bridgehead atoms. The number of aromatic nitrogens is 4. The van der Waals surface area contributed by atoms with Gasteiger partial charge in [0.2, 0.25) is 0 Å². The quantitative estimate of drug-likeness (QED) is 0.761. The van der Waals surface area contributed by atoms with Gasteiger partial charge in [0, 0.05) is 10.6 Å². The highest BCUT2D eigenvalue weighted by atomic mass is 35.5. The van der Waals surface area contributed by atoms with Gasteiger partial charge in [-0.3, -0.25) is 14.4 Å². The van der Waals surface area contributed by atoms with Crippen molar-refractivity contribution in [2.75, 3.05) is 0 Å². The van der Waals surface area contributed by atoms with Gasteiger partial charge in [0.1, 0.15) is 22.6 Å². The van der Waals surface area contributed by atoms with Gasteiger partial charge >= 0.3 is 5.97 Å². The van der Waals surface area contributed by atoms with E-state index < -0.39 is 12.0 Å². The fourth-order valence-corrected chi connectivity index (χ4v) is 3.78. The molecule has 0 fully saturated rings. The minimum atomic E-state index is -0.949. The summed E-state index contributed by atoms with van der Waals surface area (Å²) in [5.41, 5.74) is 3.87. The van der Waals surface area contributed by atoms with Crippen molar-refractivity contribution in [2.45, 2.75) is 19.4 Å². The number of fused-ring (bicyclic) bond motifs is 3. The molecule has 1 aromatic carbocycles. The predicted molar refractivity (Wildman–Crippen MR) is 93.9 cm³/mol. The van der Waals surface area contributed by atoms with Crippen molar-refractivity contribution in [1.29, 1.82) is 0 Å². The number of benzene rings is 1. The van der Waals surface area contributed by atoms with Crippen LogP contribution in [0, 0.1) is 6.92 Å². The first-order valence-corrected chi connectivity index (χ1v) is 8.72. The van der Waals surface area contributed by atoms with Crippen LogP contribution in [0.5, 0.6) is 0 Å². The van der Waals surface area contributed by atoms with Gasteiger partial charge in [-0.05, 0) is 19.1 Å². The molecular weight excluding hydrogens is 362 g/mol. The lowest BCUT2D eigenvalue weighted by Gasteiger charge is -2.09. The van der Waals surface area contributed by atoms with Gasteiger partial charge < -0.3 is 5.11 Å². The molecule has 1 atom stereocenters. The van der Waals surface area contributed by atoms with Gasteiger partial charge in [-0.15, -0.1) is 21.5 Å². The third-order valence-corrected chi connectivity index (χ3v) is 4.96. The van der Waals surface area contributed by atoms with Crippen molar-refractivity contribution < 1.29 is 9.90 Å². The molecule has 2 aromatic heterocycles. The summed E-state index contributed by atoms with van der Waals surface area (Å²) in [7, 11) is 0. The van der Waals surface area contributed by atoms with Crippen LogP contribution in [0.4, 0.5) is 0 Å². The Labute approximate surface area is 151 Å². The lowest BCUT2D eigenvalue weighted by molar-refractivity contribution is -0.137. The minimum absolute atomic E-state index is 0.176. The Balaban J connectivity index is 1.96. The maximum atomic E-state index is 11.3. The van der Waals surface area contributed by atoms with E-state index in [-0.39, 0.29) is 6.42 Å². The van der Waals surface area contributed by atoms with E-state index in [0.29, 0.717) is 28.1 Å². The normalized spacial score (nSPS) is 15.9. The maximum absolute atomic E-state index is 11.3. The van der Waals surface area contributed by atoms with Gasteiger partial charge in [0.25, 0.3) is 0 Å². The molecule has 25 heavy (non-hydrogen) atoms. The highest BCUT2D eigenvalue weighted by Crippen LogP contribution is 2.34. The molecule has 7 nitrogen and oxygen atoms in total. The monoisotopic (exact) mass is 373 g/mol. The second-order valence-electron chi connectivity index (χ2n) is 5.55. The molecule has 0 radical (unpaired) electrons. The van der Waals surface area contributed by atoms with Gasteiger partial charge in [-0.25, -0.2) is 4.98 Å². The average Bonchev–Trinajstić information content (AvgIpc) is 3.15. The number of carboxylic acids is 1. The largest absolute Gasteiger partial charge is 0.481 e. The summed E-state index contributed by atoms with van der Waals surface area (Å²) in [6, 6.07) is 6.59. The Hall–Kier alpha value is -2.58. The van der Waals surface area contributed by atoms with Gasteiger partial charge in [0.05, 0.1) is 17.6 Å². The number of thiazole rings is 1. The molecule has 0 spiro atoms. The highest BCUT2D eigenvalue weighted by Gasteiger charge is 2.31. The van der Waals surface area contributed by atoms with Crippen molar-refractivity contribution in [3.8, 4) is 5.00 Å². The molecule has 126 valence electrons. The summed E-state index contributed by atoms with van der Waals surface area (Å²) < 4.78 is 1.84. The molecule has 9 heteroatoms. The van der Waals surface area contributed by atoms with E-state index in [0.717, 1.165) is 10.6 Å². The molecule has 3 aromatic rings. The van der Waals surface area contributed by atoms with E-state index in [1.807, 2.05) is 23.6 Å². The molecule has 1 N–H and O–H groups in total. The summed E-state index contributed by atoms with van der Waals surface area (Å²) >= 11 is 7.42. The summed E-state index contributed by atoms with van der Waals surface area (Å²) in [6.07, 6.45) is -0.176. The smallest absolute Gasteiger partial charge is 0.306 e. The molecule has 0 aliphatic carbocycles. The average molecular weight is 374 g/mol. The van der Waals surface area contributed by atoms with E-state index in [2.05, 4.69) is 15.2 Å². The SMILES string of the molecule is Cc1nnc2n1-c1scnc1C(c1ccc(Cl)cc1)=N[C@H]2CC(=O)O. The fraction of sp³-hybridized carbons (Fsp3) is 0.188. The van der Waals surface area contributed by atoms with Crippen molar-refractivity contribution in [1.82, 2.24) is 19.7 Å². The second kappa shape index (κ2) is 6.05. The van der Waals surface area contributed by atoms with Gasteiger partial charge in [-0.1, -0.05) is 23.7 Å². The van der Waals surface area contributed by atoms with E-state index in [1.54, 1.807) is 17.6 Å². The van der Waals surface area contributed by atoms with E-state index >= 15 is 0 Å². The first-order chi connectivity index (χ1) is 12.0. The van der Waals surface area contributed by atoms with Crippen LogP contribution in [0.1, 0.15) is 35.4 Å². The van der Waals surface area contributed by atoms with Crippen LogP contribution in [-0.2, 0) is 4.79 Å². The van der Waals surface area contributed by atoms with E-state index in [9.17, 15) is 9.90 Å². The topological polar surface area (TPSA) is 93.3 Å². The Bertz CT molecular complexity index is 992. The van der Waals surface area contributed by atoms with Crippen LogP contribution in [0.3, 0.4) is 0 Å². The summed E-state index contributed by atoms with van der Waals surface area (Å²) in [5.74, 6) is 0.229. The lowest BCUT2D eigenvalue weighted by Crippen LogP contribution is -2.10. The number of hydrogen-bond acceptors (Lipinski definition) is 6. The van der Waals surface area contributed by atoms with E-state index in [4.69, 9.17) is 16.6 Å². The number of carbonyl (C=O) groups is 1. The lowest BCUT2D eigenvalue weighted by atomic mass is 10.1. The molecule has 3 heterocycles. The van der Waals surface area contributed by atoms with Crippen molar-refractivity contribution in [3.05, 3.63) is 57.7 Å². The molecule has 0 amide bonds. The zero-order chi connectivity index (χ0) is 17.6. The van der Waals surface area contributed by atoms with Gasteiger partial charge in [0.15, 0.2) is 5.82 Å². The highest BCUT2D eigenvalue weighted by molar-refractivity contribution is 7.12. The second-order valence-corrected chi connectivity index (χ2v) is 6.81. The fourth-order valence-electron chi connectivity index (χ4n) is 2.80. The zero-order valence-electron chi connectivity index (χ0n) is 13.0. The zero-order valence-corrected chi connectivity index (χ0v) is 14.6. The number of rotatable bonds is 3. The van der Waals surface area contributed by atoms with Crippen LogP contribution in [0.15, 0.2) is 34.8 Å². The van der Waals surface area contributed by atoms with Crippen molar-refractivity contribution in [2.24, 2.45) is 4.99 Å². The standard InChI is InChI=1S/C16H12ClN5O2S/c1-8-20-21-15-11(6-12(23)24)19-13(9-2-4-10(17)5-3-9)14-16(22(8)15)25-7-18-14/h2-5,7,11H,6H2,1H3,(H,23,24)/t11-/m0/s1. The molecule has 0 saturated heterocycles. The van der Waals surface area contributed by atoms with Crippen LogP contribution in [-0.4, -0.2) is 36.5 Å². The number of aliphatic imine (C=N–C) groups is 1. The maximum Gasteiger partial charge on any atom is 0.306 e. The summed E-state index contributed by atoms with van der Waals surface area (Å²) in [5, 5.41) is 19.0. The Morgan fingerprint density at radius 3 is 2.80 bits per heavy atom. The Morgan fingerprint density at radius 2 is 2.08 bits per heavy atom. The molecule has 0 saturated carbocycles. The van der Waals surface area contributed by atoms with E-state index in [1.165, 1.54) is 11.3 Å². The number of aryl methyl sites for hydroxylation is 1.